The predicted octanol–water partition coefficient (Wildman–Crippen LogP) is 5.82. The molecule has 0 fully saturated rings. The van der Waals surface area contributed by atoms with Crippen molar-refractivity contribution in [1.29, 1.82) is 0 Å². The van der Waals surface area contributed by atoms with Gasteiger partial charge in [0.2, 0.25) is 0 Å². The van der Waals surface area contributed by atoms with Gasteiger partial charge in [0.15, 0.2) is 17.3 Å². The molecule has 1 N–H and O–H groups in total. The number of esters is 1. The molecule has 0 saturated heterocycles. The van der Waals surface area contributed by atoms with Gasteiger partial charge in [-0.1, -0.05) is 54.6 Å². The van der Waals surface area contributed by atoms with Crippen molar-refractivity contribution in [1.82, 2.24) is 5.32 Å². The first-order valence-electron chi connectivity index (χ1n) is 13.2. The molecule has 0 amide bonds. The largest absolute Gasteiger partial charge is 0.493 e. The Morgan fingerprint density at radius 1 is 0.875 bits per heavy atom. The normalized spacial score (nSPS) is 18.6. The second kappa shape index (κ2) is 11.7. The molecule has 7 nitrogen and oxygen atoms in total. The lowest BCUT2D eigenvalue weighted by molar-refractivity contribution is -0.136. The van der Waals surface area contributed by atoms with Gasteiger partial charge in [-0.2, -0.15) is 0 Å². The summed E-state index contributed by atoms with van der Waals surface area (Å²) in [5.41, 5.74) is 5.23. The minimum atomic E-state index is -0.616. The Kier molecular flexibility index (Phi) is 7.91. The van der Waals surface area contributed by atoms with Gasteiger partial charge in [0.05, 0.1) is 32.8 Å². The summed E-state index contributed by atoms with van der Waals surface area (Å²) < 4.78 is 22.4. The number of rotatable bonds is 8. The topological polar surface area (TPSA) is 83.1 Å². The third-order valence-electron chi connectivity index (χ3n) is 7.58. The monoisotopic (exact) mass is 539 g/mol. The molecule has 0 radical (unpaired) electrons. The lowest BCUT2D eigenvalue weighted by Gasteiger charge is -2.37. The first kappa shape index (κ1) is 27.1. The van der Waals surface area contributed by atoms with E-state index in [1.54, 1.807) is 14.2 Å². The number of hydrogen-bond acceptors (Lipinski definition) is 7. The first-order valence-corrected chi connectivity index (χ1v) is 13.2. The van der Waals surface area contributed by atoms with Crippen LogP contribution in [0.15, 0.2) is 95.3 Å². The third kappa shape index (κ3) is 5.19. The van der Waals surface area contributed by atoms with E-state index in [4.69, 9.17) is 18.9 Å². The number of para-hydroxylation sites is 1. The van der Waals surface area contributed by atoms with Gasteiger partial charge in [0.1, 0.15) is 12.4 Å². The molecule has 7 heteroatoms. The van der Waals surface area contributed by atoms with Crippen molar-refractivity contribution in [2.45, 2.75) is 38.2 Å². The highest BCUT2D eigenvalue weighted by atomic mass is 16.5. The summed E-state index contributed by atoms with van der Waals surface area (Å²) in [6.45, 7) is 2.21. The maximum Gasteiger partial charge on any atom is 0.336 e. The van der Waals surface area contributed by atoms with E-state index in [-0.39, 0.29) is 11.7 Å². The van der Waals surface area contributed by atoms with Gasteiger partial charge < -0.3 is 24.3 Å². The lowest BCUT2D eigenvalue weighted by atomic mass is 9.71. The SMILES string of the molecule is COC(=O)C1=C(C)NC2=C(C(=O)C[C@H](c3ccc(OC)c(OC)c3)C2)[C@H]1c1ccccc1OCc1ccccc1. The number of dihydropyridines is 1. The molecule has 2 atom stereocenters. The van der Waals surface area contributed by atoms with Crippen molar-refractivity contribution in [3.63, 3.8) is 0 Å². The number of carbonyl (C=O) groups excluding carboxylic acids is 2. The van der Waals surface area contributed by atoms with E-state index in [1.165, 1.54) is 7.11 Å². The van der Waals surface area contributed by atoms with Crippen LogP contribution in [0.25, 0.3) is 0 Å². The zero-order chi connectivity index (χ0) is 28.2. The summed E-state index contributed by atoms with van der Waals surface area (Å²) in [4.78, 5) is 27.1. The van der Waals surface area contributed by atoms with Crippen molar-refractivity contribution in [2.24, 2.45) is 0 Å². The Bertz CT molecular complexity index is 1490. The summed E-state index contributed by atoms with van der Waals surface area (Å²) in [5.74, 6) is 0.701. The molecule has 0 aromatic heterocycles. The highest BCUT2D eigenvalue weighted by Gasteiger charge is 2.42. The molecule has 40 heavy (non-hydrogen) atoms. The second-order valence-corrected chi connectivity index (χ2v) is 9.94. The van der Waals surface area contributed by atoms with Crippen molar-refractivity contribution in [2.75, 3.05) is 21.3 Å². The number of nitrogens with one attached hydrogen (secondary N) is 1. The number of ketones is 1. The van der Waals surface area contributed by atoms with Crippen molar-refractivity contribution in [3.05, 3.63) is 112 Å². The van der Waals surface area contributed by atoms with Crippen LogP contribution < -0.4 is 19.5 Å². The van der Waals surface area contributed by atoms with Crippen LogP contribution in [-0.2, 0) is 20.9 Å². The third-order valence-corrected chi connectivity index (χ3v) is 7.58. The molecular weight excluding hydrogens is 506 g/mol. The molecule has 0 spiro atoms. The number of allylic oxidation sites excluding steroid dienone is 3. The van der Waals surface area contributed by atoms with Crippen molar-refractivity contribution in [3.8, 4) is 17.2 Å². The van der Waals surface area contributed by atoms with E-state index in [0.717, 1.165) is 22.4 Å². The quantitative estimate of drug-likeness (QED) is 0.361. The Hall–Kier alpha value is -4.52. The van der Waals surface area contributed by atoms with Crippen LogP contribution >= 0.6 is 0 Å². The predicted molar refractivity (Wildman–Crippen MR) is 151 cm³/mol. The van der Waals surface area contributed by atoms with Crippen LogP contribution in [0.4, 0.5) is 0 Å². The highest BCUT2D eigenvalue weighted by Crippen LogP contribution is 2.48. The zero-order valence-corrected chi connectivity index (χ0v) is 23.2. The van der Waals surface area contributed by atoms with E-state index in [1.807, 2.05) is 79.7 Å². The summed E-state index contributed by atoms with van der Waals surface area (Å²) in [6.07, 6.45) is 0.902. The van der Waals surface area contributed by atoms with Gasteiger partial charge in [0.25, 0.3) is 0 Å². The molecule has 0 unspecified atom stereocenters. The van der Waals surface area contributed by atoms with Gasteiger partial charge in [-0.25, -0.2) is 4.79 Å². The summed E-state index contributed by atoms with van der Waals surface area (Å²) in [6, 6.07) is 23.2. The number of ether oxygens (including phenoxy) is 4. The molecule has 3 aromatic carbocycles. The Balaban J connectivity index is 1.55. The molecule has 2 aliphatic rings. The van der Waals surface area contributed by atoms with Crippen LogP contribution in [0, 0.1) is 0 Å². The fourth-order valence-corrected chi connectivity index (χ4v) is 5.66. The summed E-state index contributed by atoms with van der Waals surface area (Å²) >= 11 is 0. The molecule has 206 valence electrons. The Morgan fingerprint density at radius 2 is 1.60 bits per heavy atom. The number of hydrogen-bond donors (Lipinski definition) is 1. The van der Waals surface area contributed by atoms with Crippen LogP contribution in [0.3, 0.4) is 0 Å². The lowest BCUT2D eigenvalue weighted by Crippen LogP contribution is -2.36. The van der Waals surface area contributed by atoms with E-state index < -0.39 is 11.9 Å². The number of methoxy groups -OCH3 is 3. The number of benzene rings is 3. The smallest absolute Gasteiger partial charge is 0.336 e. The maximum atomic E-state index is 14.0. The Morgan fingerprint density at radius 3 is 2.33 bits per heavy atom. The van der Waals surface area contributed by atoms with E-state index in [2.05, 4.69) is 5.32 Å². The Labute approximate surface area is 234 Å². The van der Waals surface area contributed by atoms with Gasteiger partial charge in [-0.05, 0) is 48.6 Å². The summed E-state index contributed by atoms with van der Waals surface area (Å²) in [5, 5.41) is 3.38. The first-order chi connectivity index (χ1) is 19.4. The maximum absolute atomic E-state index is 14.0. The molecule has 1 aliphatic carbocycles. The molecule has 1 aliphatic heterocycles. The second-order valence-electron chi connectivity index (χ2n) is 9.94. The van der Waals surface area contributed by atoms with Gasteiger partial charge in [0, 0.05) is 29.0 Å². The molecule has 5 rings (SSSR count). The minimum Gasteiger partial charge on any atom is -0.493 e. The molecule has 3 aromatic rings. The fraction of sp³-hybridized carbons (Fsp3) is 0.273. The van der Waals surface area contributed by atoms with Crippen LogP contribution in [-0.4, -0.2) is 33.1 Å². The molecular formula is C33H33NO6. The van der Waals surface area contributed by atoms with Crippen molar-refractivity contribution >= 4 is 11.8 Å². The van der Waals surface area contributed by atoms with Crippen molar-refractivity contribution < 1.29 is 28.5 Å². The van der Waals surface area contributed by atoms with E-state index in [0.29, 0.717) is 53.5 Å². The molecule has 1 heterocycles. The zero-order valence-electron chi connectivity index (χ0n) is 23.2. The van der Waals surface area contributed by atoms with E-state index >= 15 is 0 Å². The van der Waals surface area contributed by atoms with Crippen LogP contribution in [0.1, 0.15) is 48.3 Å². The summed E-state index contributed by atoms with van der Waals surface area (Å²) in [7, 11) is 4.55. The van der Waals surface area contributed by atoms with Gasteiger partial charge in [-0.3, -0.25) is 4.79 Å². The number of Topliss-reactive ketones (excluding diaryl/α,β-unsaturated/α-hetero) is 1. The van der Waals surface area contributed by atoms with Crippen LogP contribution in [0.5, 0.6) is 17.2 Å². The highest BCUT2D eigenvalue weighted by molar-refractivity contribution is 6.04. The van der Waals surface area contributed by atoms with E-state index in [9.17, 15) is 9.59 Å². The fourth-order valence-electron chi connectivity index (χ4n) is 5.66. The average molecular weight is 540 g/mol. The van der Waals surface area contributed by atoms with Gasteiger partial charge in [-0.15, -0.1) is 0 Å². The minimum absolute atomic E-state index is 0.0229. The average Bonchev–Trinajstić information content (AvgIpc) is 2.99. The standard InChI is InChI=1S/C33H33NO6/c1-20-30(33(36)39-4)31(24-12-8-9-13-27(24)40-19-21-10-6-5-7-11-21)32-25(34-20)16-23(17-26(32)35)22-14-15-28(37-2)29(18-22)38-3/h5-15,18,23,31,34H,16-17,19H2,1-4H3/t23-,31+/m1/s1. The molecule has 0 saturated carbocycles. The number of carbonyl (C=O) groups is 2. The van der Waals surface area contributed by atoms with Gasteiger partial charge >= 0.3 is 5.97 Å². The molecule has 0 bridgehead atoms. The van der Waals surface area contributed by atoms with Crippen LogP contribution in [0.2, 0.25) is 0 Å².